The minimum absolute atomic E-state index is 0.407. The zero-order valence-electron chi connectivity index (χ0n) is 7.41. The maximum absolute atomic E-state index is 10.6. The number of methoxy groups -OCH3 is 1. The van der Waals surface area contributed by atoms with Crippen LogP contribution >= 0.6 is 0 Å². The molecule has 69 valence electrons. The molecule has 0 aromatic carbocycles. The molecule has 0 saturated carbocycles. The topological polar surface area (TPSA) is 51.2 Å². The third-order valence-corrected chi connectivity index (χ3v) is 1.55. The van der Waals surface area contributed by atoms with Crippen molar-refractivity contribution in [2.45, 2.75) is 6.42 Å². The first-order valence-electron chi connectivity index (χ1n) is 3.95. The molecule has 1 amide bonds. The number of nitrogens with zero attached hydrogens (tertiary/aromatic N) is 1. The van der Waals surface area contributed by atoms with Crippen molar-refractivity contribution >= 4 is 6.09 Å². The molecule has 0 unspecified atom stereocenters. The van der Waals surface area contributed by atoms with E-state index >= 15 is 0 Å². The molecule has 4 nitrogen and oxygen atoms in total. The van der Waals surface area contributed by atoms with Crippen molar-refractivity contribution < 1.29 is 9.53 Å². The van der Waals surface area contributed by atoms with Crippen LogP contribution in [-0.2, 0) is 11.2 Å². The second-order valence-corrected chi connectivity index (χ2v) is 2.46. The summed E-state index contributed by atoms with van der Waals surface area (Å²) >= 11 is 0. The van der Waals surface area contributed by atoms with Gasteiger partial charge in [0.05, 0.1) is 13.3 Å². The molecule has 1 heterocycles. The average Bonchev–Trinajstić information content (AvgIpc) is 2.19. The third kappa shape index (κ3) is 3.55. The van der Waals surface area contributed by atoms with Gasteiger partial charge >= 0.3 is 6.09 Å². The van der Waals surface area contributed by atoms with Crippen molar-refractivity contribution in [3.8, 4) is 0 Å². The van der Waals surface area contributed by atoms with E-state index < -0.39 is 6.09 Å². The number of nitrogens with one attached hydrogen (secondary N) is 1. The molecule has 0 bridgehead atoms. The summed E-state index contributed by atoms with van der Waals surface area (Å²) in [5.41, 5.74) is 1.06. The van der Waals surface area contributed by atoms with Crippen molar-refractivity contribution in [2.75, 3.05) is 13.7 Å². The first-order chi connectivity index (χ1) is 6.33. The second kappa shape index (κ2) is 5.13. The van der Waals surface area contributed by atoms with Crippen LogP contribution in [0.25, 0.3) is 0 Å². The van der Waals surface area contributed by atoms with Crippen LogP contribution in [0.4, 0.5) is 4.79 Å². The molecule has 1 rings (SSSR count). The molecule has 13 heavy (non-hydrogen) atoms. The van der Waals surface area contributed by atoms with Gasteiger partial charge in [0.2, 0.25) is 0 Å². The molecule has 0 aliphatic carbocycles. The predicted octanol–water partition coefficient (Wildman–Crippen LogP) is 0.780. The van der Waals surface area contributed by atoms with E-state index in [1.165, 1.54) is 7.11 Å². The molecule has 1 radical (unpaired) electrons. The van der Waals surface area contributed by atoms with Gasteiger partial charge in [-0.2, -0.15) is 0 Å². The molecule has 0 saturated heterocycles. The van der Waals surface area contributed by atoms with Gasteiger partial charge < -0.3 is 10.1 Å². The van der Waals surface area contributed by atoms with E-state index in [1.54, 1.807) is 12.3 Å². The SMILES string of the molecule is COC(=O)NCCc1cc[c]nc1. The molecule has 4 heteroatoms. The van der Waals surface area contributed by atoms with E-state index in [-0.39, 0.29) is 0 Å². The molecule has 1 aromatic rings. The summed E-state index contributed by atoms with van der Waals surface area (Å²) in [6.07, 6.45) is 4.74. The summed E-state index contributed by atoms with van der Waals surface area (Å²) in [5.74, 6) is 0. The summed E-state index contributed by atoms with van der Waals surface area (Å²) in [5, 5.41) is 2.58. The predicted molar refractivity (Wildman–Crippen MR) is 47.2 cm³/mol. The highest BCUT2D eigenvalue weighted by Gasteiger charge is 1.97. The number of carbonyl (C=O) groups excluding carboxylic acids is 1. The van der Waals surface area contributed by atoms with E-state index in [9.17, 15) is 4.79 Å². The van der Waals surface area contributed by atoms with Crippen LogP contribution in [-0.4, -0.2) is 24.7 Å². The van der Waals surface area contributed by atoms with Crippen LogP contribution in [0.15, 0.2) is 18.3 Å². The summed E-state index contributed by atoms with van der Waals surface area (Å²) in [6, 6.07) is 3.65. The Morgan fingerprint density at radius 3 is 3.23 bits per heavy atom. The van der Waals surface area contributed by atoms with E-state index in [2.05, 4.69) is 21.2 Å². The van der Waals surface area contributed by atoms with Crippen LogP contribution in [0.3, 0.4) is 0 Å². The van der Waals surface area contributed by atoms with Gasteiger partial charge in [0.15, 0.2) is 0 Å². The van der Waals surface area contributed by atoms with Gasteiger partial charge in [-0.3, -0.25) is 4.98 Å². The molecule has 1 N–H and O–H groups in total. The molecule has 1 aromatic heterocycles. The Morgan fingerprint density at radius 1 is 1.77 bits per heavy atom. The van der Waals surface area contributed by atoms with Crippen molar-refractivity contribution in [1.29, 1.82) is 0 Å². The molecule has 0 atom stereocenters. The molecule has 0 fully saturated rings. The highest BCUT2D eigenvalue weighted by atomic mass is 16.5. The van der Waals surface area contributed by atoms with Crippen LogP contribution < -0.4 is 5.32 Å². The highest BCUT2D eigenvalue weighted by molar-refractivity contribution is 5.66. The second-order valence-electron chi connectivity index (χ2n) is 2.46. The lowest BCUT2D eigenvalue weighted by molar-refractivity contribution is 0.171. The van der Waals surface area contributed by atoms with E-state index in [4.69, 9.17) is 0 Å². The van der Waals surface area contributed by atoms with E-state index in [0.717, 1.165) is 12.0 Å². The highest BCUT2D eigenvalue weighted by Crippen LogP contribution is 1.94. The number of hydrogen-bond donors (Lipinski definition) is 1. The maximum Gasteiger partial charge on any atom is 0.406 e. The Kier molecular flexibility index (Phi) is 3.75. The summed E-state index contributed by atoms with van der Waals surface area (Å²) in [4.78, 5) is 14.5. The molecule has 0 spiro atoms. The first kappa shape index (κ1) is 9.51. The lowest BCUT2D eigenvalue weighted by atomic mass is 10.2. The van der Waals surface area contributed by atoms with Gasteiger partial charge in [-0.1, -0.05) is 6.07 Å². The summed E-state index contributed by atoms with van der Waals surface area (Å²) in [7, 11) is 1.34. The van der Waals surface area contributed by atoms with E-state index in [0.29, 0.717) is 6.54 Å². The number of alkyl carbamates (subject to hydrolysis) is 1. The Balaban J connectivity index is 2.24. The average molecular weight is 179 g/mol. The van der Waals surface area contributed by atoms with Crippen LogP contribution in [0.1, 0.15) is 5.56 Å². The smallest absolute Gasteiger partial charge is 0.406 e. The number of rotatable bonds is 3. The van der Waals surface area contributed by atoms with Crippen molar-refractivity contribution in [1.82, 2.24) is 10.3 Å². The molecular formula is C9H11N2O2. The van der Waals surface area contributed by atoms with E-state index in [1.807, 2.05) is 6.07 Å². The van der Waals surface area contributed by atoms with Crippen LogP contribution in [0, 0.1) is 6.20 Å². The fraction of sp³-hybridized carbons (Fsp3) is 0.333. The third-order valence-electron chi connectivity index (χ3n) is 1.55. The Morgan fingerprint density at radius 2 is 2.62 bits per heavy atom. The van der Waals surface area contributed by atoms with Crippen LogP contribution in [0.5, 0.6) is 0 Å². The number of amides is 1. The van der Waals surface area contributed by atoms with Crippen molar-refractivity contribution in [3.05, 3.63) is 30.1 Å². The van der Waals surface area contributed by atoms with Gasteiger partial charge in [0.25, 0.3) is 0 Å². The van der Waals surface area contributed by atoms with Gasteiger partial charge in [-0.25, -0.2) is 4.79 Å². The molecule has 0 aliphatic heterocycles. The number of pyridine rings is 1. The van der Waals surface area contributed by atoms with Crippen molar-refractivity contribution in [2.24, 2.45) is 0 Å². The lowest BCUT2D eigenvalue weighted by Gasteiger charge is -2.02. The molecular weight excluding hydrogens is 168 g/mol. The minimum Gasteiger partial charge on any atom is -0.453 e. The maximum atomic E-state index is 10.6. The number of carbonyl (C=O) groups is 1. The Hall–Kier alpha value is -1.58. The number of hydrogen-bond acceptors (Lipinski definition) is 3. The van der Waals surface area contributed by atoms with Gasteiger partial charge in [-0.05, 0) is 18.1 Å². The zero-order chi connectivity index (χ0) is 9.52. The van der Waals surface area contributed by atoms with Crippen LogP contribution in [0.2, 0.25) is 0 Å². The normalized spacial score (nSPS) is 9.31. The standard InChI is InChI=1S/C9H11N2O2/c1-13-9(12)11-6-4-8-3-2-5-10-7-8/h2-3,7H,4,6H2,1H3,(H,11,12). The van der Waals surface area contributed by atoms with Gasteiger partial charge in [0, 0.05) is 12.7 Å². The Bertz CT molecular complexity index is 262. The number of ether oxygens (including phenoxy) is 1. The number of aromatic nitrogens is 1. The van der Waals surface area contributed by atoms with Crippen molar-refractivity contribution in [3.63, 3.8) is 0 Å². The monoisotopic (exact) mass is 179 g/mol. The fourth-order valence-electron chi connectivity index (χ4n) is 0.880. The van der Waals surface area contributed by atoms with Gasteiger partial charge in [-0.15, -0.1) is 0 Å². The first-order valence-corrected chi connectivity index (χ1v) is 3.95. The summed E-state index contributed by atoms with van der Waals surface area (Å²) in [6.45, 7) is 0.554. The fourth-order valence-corrected chi connectivity index (χ4v) is 0.880. The summed E-state index contributed by atoms with van der Waals surface area (Å²) < 4.78 is 4.42. The quantitative estimate of drug-likeness (QED) is 0.746. The molecule has 0 aliphatic rings. The Labute approximate surface area is 76.9 Å². The lowest BCUT2D eigenvalue weighted by Crippen LogP contribution is -2.25. The minimum atomic E-state index is -0.407. The largest absolute Gasteiger partial charge is 0.453 e. The van der Waals surface area contributed by atoms with Gasteiger partial charge in [0.1, 0.15) is 0 Å². The zero-order valence-corrected chi connectivity index (χ0v) is 7.41.